The highest BCUT2D eigenvalue weighted by molar-refractivity contribution is 14.1. The molecule has 0 saturated heterocycles. The number of fused-ring (bicyclic) bond motifs is 2. The molecule has 1 fully saturated rings. The molecule has 0 nitrogen and oxygen atoms in total. The van der Waals surface area contributed by atoms with E-state index in [1.807, 2.05) is 5.57 Å². The lowest BCUT2D eigenvalue weighted by atomic mass is 9.66. The van der Waals surface area contributed by atoms with Gasteiger partial charge in [0.25, 0.3) is 0 Å². The first kappa shape index (κ1) is 19.0. The SMILES string of the molecule is C=C1/C=C\CCCCCC2=CC(C3CC=C4CC(I)CCC4C3)CCC12. The van der Waals surface area contributed by atoms with Crippen molar-refractivity contribution in [2.24, 2.45) is 23.7 Å². The van der Waals surface area contributed by atoms with Crippen molar-refractivity contribution >= 4 is 22.6 Å². The van der Waals surface area contributed by atoms with Gasteiger partial charge in [-0.2, -0.15) is 0 Å². The van der Waals surface area contributed by atoms with Gasteiger partial charge in [-0.3, -0.25) is 0 Å². The van der Waals surface area contributed by atoms with Gasteiger partial charge >= 0.3 is 0 Å². The molecule has 26 heavy (non-hydrogen) atoms. The zero-order valence-corrected chi connectivity index (χ0v) is 18.4. The van der Waals surface area contributed by atoms with E-state index in [-0.39, 0.29) is 0 Å². The Bertz CT molecular complexity index is 608. The molecule has 0 amide bonds. The van der Waals surface area contributed by atoms with E-state index in [1.165, 1.54) is 82.6 Å². The molecule has 5 atom stereocenters. The molecule has 4 rings (SSSR count). The Kier molecular flexibility index (Phi) is 6.44. The summed E-state index contributed by atoms with van der Waals surface area (Å²) in [5.74, 6) is 3.29. The van der Waals surface area contributed by atoms with Crippen LogP contribution in [0.25, 0.3) is 0 Å². The highest BCUT2D eigenvalue weighted by atomic mass is 127. The Morgan fingerprint density at radius 1 is 1.00 bits per heavy atom. The van der Waals surface area contributed by atoms with Gasteiger partial charge in [-0.25, -0.2) is 0 Å². The Balaban J connectivity index is 1.48. The fraction of sp³-hybridized carbons (Fsp3) is 0.680. The van der Waals surface area contributed by atoms with Gasteiger partial charge in [0.1, 0.15) is 0 Å². The van der Waals surface area contributed by atoms with Crippen LogP contribution in [0, 0.1) is 23.7 Å². The van der Waals surface area contributed by atoms with E-state index < -0.39 is 0 Å². The van der Waals surface area contributed by atoms with Crippen molar-refractivity contribution in [2.75, 3.05) is 0 Å². The van der Waals surface area contributed by atoms with E-state index >= 15 is 0 Å². The molecule has 0 aromatic rings. The molecule has 0 aromatic carbocycles. The van der Waals surface area contributed by atoms with Crippen molar-refractivity contribution in [1.82, 2.24) is 0 Å². The van der Waals surface area contributed by atoms with Crippen LogP contribution in [0.1, 0.15) is 77.0 Å². The van der Waals surface area contributed by atoms with Gasteiger partial charge in [0.2, 0.25) is 0 Å². The van der Waals surface area contributed by atoms with E-state index in [1.54, 1.807) is 5.57 Å². The summed E-state index contributed by atoms with van der Waals surface area (Å²) in [5.41, 5.74) is 4.93. The lowest BCUT2D eigenvalue weighted by Crippen LogP contribution is -2.28. The number of rotatable bonds is 1. The van der Waals surface area contributed by atoms with Crippen LogP contribution in [-0.4, -0.2) is 3.92 Å². The van der Waals surface area contributed by atoms with Crippen LogP contribution < -0.4 is 0 Å². The molecule has 0 spiro atoms. The normalized spacial score (nSPS) is 39.9. The van der Waals surface area contributed by atoms with Gasteiger partial charge in [-0.1, -0.05) is 71.0 Å². The van der Waals surface area contributed by atoms with Crippen LogP contribution in [0.15, 0.2) is 47.6 Å². The van der Waals surface area contributed by atoms with Gasteiger partial charge in [-0.15, -0.1) is 0 Å². The molecule has 5 unspecified atom stereocenters. The van der Waals surface area contributed by atoms with Gasteiger partial charge in [0, 0.05) is 9.84 Å². The maximum absolute atomic E-state index is 4.43. The van der Waals surface area contributed by atoms with Crippen molar-refractivity contribution in [3.63, 3.8) is 0 Å². The van der Waals surface area contributed by atoms with Crippen molar-refractivity contribution in [3.8, 4) is 0 Å². The molecule has 4 aliphatic carbocycles. The summed E-state index contributed by atoms with van der Waals surface area (Å²) in [4.78, 5) is 0. The summed E-state index contributed by atoms with van der Waals surface area (Å²) in [6.07, 6.45) is 26.6. The van der Waals surface area contributed by atoms with E-state index in [9.17, 15) is 0 Å². The second kappa shape index (κ2) is 8.80. The largest absolute Gasteiger partial charge is 0.0952 e. The molecule has 0 radical (unpaired) electrons. The van der Waals surface area contributed by atoms with E-state index in [2.05, 4.69) is 53.5 Å². The Morgan fingerprint density at radius 3 is 2.85 bits per heavy atom. The van der Waals surface area contributed by atoms with Crippen LogP contribution >= 0.6 is 22.6 Å². The monoisotopic (exact) mass is 462 g/mol. The maximum atomic E-state index is 4.43. The predicted molar refractivity (Wildman–Crippen MR) is 122 cm³/mol. The quantitative estimate of drug-likeness (QED) is 0.211. The zero-order valence-electron chi connectivity index (χ0n) is 16.3. The topological polar surface area (TPSA) is 0 Å². The third kappa shape index (κ3) is 4.39. The lowest BCUT2D eigenvalue weighted by molar-refractivity contribution is 0.255. The fourth-order valence-corrected chi connectivity index (χ4v) is 6.78. The molecule has 1 heteroatoms. The summed E-state index contributed by atoms with van der Waals surface area (Å²) in [6.45, 7) is 4.43. The standard InChI is InChI=1S/C25H35I/c1-18-7-5-3-2-4-6-8-23-16-21(12-14-25(18)23)19-9-10-22-17-24(26)13-11-20(22)15-19/h5,7,10,16,19-21,24-25H,1-4,6,8-9,11-15,17H2/b7-5-. The smallest absolute Gasteiger partial charge is 0.0147 e. The second-order valence-electron chi connectivity index (χ2n) is 9.20. The lowest BCUT2D eigenvalue weighted by Gasteiger charge is -2.40. The van der Waals surface area contributed by atoms with E-state index in [0.717, 1.165) is 21.7 Å². The first-order chi connectivity index (χ1) is 12.7. The minimum absolute atomic E-state index is 0.643. The number of hydrogen-bond acceptors (Lipinski definition) is 0. The van der Waals surface area contributed by atoms with Gasteiger partial charge in [0.15, 0.2) is 0 Å². The van der Waals surface area contributed by atoms with E-state index in [0.29, 0.717) is 5.92 Å². The summed E-state index contributed by atoms with van der Waals surface area (Å²) < 4.78 is 0.895. The Labute approximate surface area is 174 Å². The minimum atomic E-state index is 0.643. The van der Waals surface area contributed by atoms with Crippen molar-refractivity contribution in [1.29, 1.82) is 0 Å². The first-order valence-electron chi connectivity index (χ1n) is 11.1. The second-order valence-corrected chi connectivity index (χ2v) is 11.0. The van der Waals surface area contributed by atoms with Crippen molar-refractivity contribution in [3.05, 3.63) is 47.6 Å². The third-order valence-electron chi connectivity index (χ3n) is 7.47. The maximum Gasteiger partial charge on any atom is 0.0147 e. The average Bonchev–Trinajstić information content (AvgIpc) is 2.66. The molecule has 1 saturated carbocycles. The van der Waals surface area contributed by atoms with Gasteiger partial charge in [0.05, 0.1) is 0 Å². The third-order valence-corrected chi connectivity index (χ3v) is 8.53. The van der Waals surface area contributed by atoms with Crippen LogP contribution in [0.2, 0.25) is 0 Å². The fourth-order valence-electron chi connectivity index (χ4n) is 5.92. The number of allylic oxidation sites excluding steroid dienone is 7. The number of halogens is 1. The van der Waals surface area contributed by atoms with Crippen LogP contribution in [0.4, 0.5) is 0 Å². The molecule has 0 aliphatic heterocycles. The van der Waals surface area contributed by atoms with Crippen LogP contribution in [0.5, 0.6) is 0 Å². The Morgan fingerprint density at radius 2 is 1.92 bits per heavy atom. The summed E-state index contributed by atoms with van der Waals surface area (Å²) >= 11 is 2.67. The molecule has 0 heterocycles. The Hall–Kier alpha value is -0.310. The molecule has 142 valence electrons. The van der Waals surface area contributed by atoms with Crippen LogP contribution in [-0.2, 0) is 0 Å². The van der Waals surface area contributed by atoms with Gasteiger partial charge < -0.3 is 0 Å². The molecular weight excluding hydrogens is 427 g/mol. The molecule has 0 bridgehead atoms. The predicted octanol–water partition coefficient (Wildman–Crippen LogP) is 7.96. The van der Waals surface area contributed by atoms with Crippen molar-refractivity contribution < 1.29 is 0 Å². The summed E-state index contributed by atoms with van der Waals surface area (Å²) in [7, 11) is 0. The minimum Gasteiger partial charge on any atom is -0.0952 e. The highest BCUT2D eigenvalue weighted by Gasteiger charge is 2.34. The molecule has 0 N–H and O–H groups in total. The number of hydrogen-bond donors (Lipinski definition) is 0. The summed E-state index contributed by atoms with van der Waals surface area (Å²) in [6, 6.07) is 0. The van der Waals surface area contributed by atoms with Crippen LogP contribution in [0.3, 0.4) is 0 Å². The molecule has 4 aliphatic rings. The highest BCUT2D eigenvalue weighted by Crippen LogP contribution is 2.47. The molecule has 0 aromatic heterocycles. The number of alkyl halides is 1. The van der Waals surface area contributed by atoms with Gasteiger partial charge in [-0.05, 0) is 94.0 Å². The first-order valence-corrected chi connectivity index (χ1v) is 12.3. The zero-order chi connectivity index (χ0) is 17.9. The summed E-state index contributed by atoms with van der Waals surface area (Å²) in [5, 5.41) is 0. The van der Waals surface area contributed by atoms with E-state index in [4.69, 9.17) is 0 Å². The van der Waals surface area contributed by atoms with Crippen molar-refractivity contribution in [2.45, 2.75) is 81.0 Å². The average molecular weight is 462 g/mol. The molecular formula is C25H35I.